The second-order valence-corrected chi connectivity index (χ2v) is 9.86. The van der Waals surface area contributed by atoms with Crippen molar-refractivity contribution in [2.75, 3.05) is 6.61 Å². The number of fused-ring (bicyclic) bond motifs is 1. The molecule has 2 heterocycles. The number of carbonyl (C=O) groups is 2. The lowest BCUT2D eigenvalue weighted by molar-refractivity contribution is -0.140. The van der Waals surface area contributed by atoms with Crippen LogP contribution in [-0.2, 0) is 28.8 Å². The van der Waals surface area contributed by atoms with Gasteiger partial charge in [-0.05, 0) is 81.4 Å². The number of hydrogen-bond acceptors (Lipinski definition) is 5. The minimum atomic E-state index is -1.09. The zero-order chi connectivity index (χ0) is 24.1. The summed E-state index contributed by atoms with van der Waals surface area (Å²) in [6.07, 6.45) is 12.1. The normalized spacial score (nSPS) is 20.2. The van der Waals surface area contributed by atoms with Crippen LogP contribution in [0, 0.1) is 12.8 Å². The van der Waals surface area contributed by atoms with Crippen molar-refractivity contribution in [3.8, 4) is 0 Å². The molecule has 4 rings (SSSR count). The van der Waals surface area contributed by atoms with Crippen LogP contribution >= 0.6 is 11.6 Å². The van der Waals surface area contributed by atoms with E-state index in [0.717, 1.165) is 38.5 Å². The smallest absolute Gasteiger partial charge is 0.326 e. The first-order valence-electron chi connectivity index (χ1n) is 12.1. The van der Waals surface area contributed by atoms with Gasteiger partial charge in [-0.3, -0.25) is 14.8 Å². The Labute approximate surface area is 205 Å². The van der Waals surface area contributed by atoms with Crippen LogP contribution in [0.5, 0.6) is 0 Å². The first-order valence-corrected chi connectivity index (χ1v) is 12.5. The Kier molecular flexibility index (Phi) is 8.16. The van der Waals surface area contributed by atoms with Gasteiger partial charge in [-0.25, -0.2) is 4.79 Å². The molecule has 0 aliphatic heterocycles. The maximum atomic E-state index is 12.5. The van der Waals surface area contributed by atoms with Gasteiger partial charge in [0, 0.05) is 36.8 Å². The summed E-state index contributed by atoms with van der Waals surface area (Å²) < 4.78 is 5.88. The van der Waals surface area contributed by atoms with E-state index in [1.807, 2.05) is 0 Å². The van der Waals surface area contributed by atoms with Gasteiger partial charge in [0.05, 0.1) is 16.7 Å². The Morgan fingerprint density at radius 3 is 2.79 bits per heavy atom. The van der Waals surface area contributed by atoms with E-state index in [1.54, 1.807) is 6.92 Å². The largest absolute Gasteiger partial charge is 0.480 e. The van der Waals surface area contributed by atoms with Crippen LogP contribution in [0.4, 0.5) is 0 Å². The number of carbonyl (C=O) groups excluding carboxylic acids is 1. The molecule has 0 unspecified atom stereocenters. The average molecular weight is 486 g/mol. The topological polar surface area (TPSA) is 101 Å². The number of hydrogen-bond donors (Lipinski definition) is 2. The van der Waals surface area contributed by atoms with Gasteiger partial charge >= 0.3 is 5.97 Å². The second kappa shape index (κ2) is 11.3. The summed E-state index contributed by atoms with van der Waals surface area (Å²) in [4.78, 5) is 33.0. The third kappa shape index (κ3) is 6.13. The van der Waals surface area contributed by atoms with Crippen molar-refractivity contribution < 1.29 is 19.4 Å². The standard InChI is InChI=1S/C26H32ClN3O4/c1-16-14-28-15-21(27)24(16)25(31)30-23(26(32)33)10-11-34-20-12-17(13-20)6-8-19-9-7-18-4-2-3-5-22(18)29-19/h7,9,14-15,17,20,23H,2-6,8,10-13H2,1H3,(H,30,31)(H,32,33)/t17?,20?,23-/m0/s1. The lowest BCUT2D eigenvalue weighted by atomic mass is 9.79. The highest BCUT2D eigenvalue weighted by molar-refractivity contribution is 6.33. The molecule has 8 heteroatoms. The molecule has 0 bridgehead atoms. The van der Waals surface area contributed by atoms with E-state index < -0.39 is 17.9 Å². The summed E-state index contributed by atoms with van der Waals surface area (Å²) in [6, 6.07) is 3.39. The van der Waals surface area contributed by atoms with Crippen LogP contribution in [0.2, 0.25) is 5.02 Å². The van der Waals surface area contributed by atoms with Gasteiger partial charge in [-0.15, -0.1) is 0 Å². The Morgan fingerprint density at radius 1 is 1.24 bits per heavy atom. The van der Waals surface area contributed by atoms with Gasteiger partial charge in [0.2, 0.25) is 0 Å². The molecule has 2 N–H and O–H groups in total. The number of aliphatic carboxylic acids is 1. The minimum Gasteiger partial charge on any atom is -0.480 e. The number of aromatic nitrogens is 2. The Bertz CT molecular complexity index is 1020. The second-order valence-electron chi connectivity index (χ2n) is 9.45. The molecule has 182 valence electrons. The fourth-order valence-corrected chi connectivity index (χ4v) is 5.12. The molecule has 1 saturated carbocycles. The molecule has 0 radical (unpaired) electrons. The van der Waals surface area contributed by atoms with Crippen LogP contribution in [0.1, 0.15) is 71.4 Å². The van der Waals surface area contributed by atoms with Crippen molar-refractivity contribution >= 4 is 23.5 Å². The van der Waals surface area contributed by atoms with E-state index in [-0.39, 0.29) is 29.7 Å². The van der Waals surface area contributed by atoms with E-state index in [1.165, 1.54) is 42.2 Å². The predicted molar refractivity (Wildman–Crippen MR) is 129 cm³/mol. The quantitative estimate of drug-likeness (QED) is 0.519. The third-order valence-electron chi connectivity index (χ3n) is 6.92. The monoisotopic (exact) mass is 485 g/mol. The van der Waals surface area contributed by atoms with Crippen molar-refractivity contribution in [1.29, 1.82) is 0 Å². The van der Waals surface area contributed by atoms with E-state index in [4.69, 9.17) is 21.3 Å². The van der Waals surface area contributed by atoms with Gasteiger partial charge in [0.1, 0.15) is 6.04 Å². The van der Waals surface area contributed by atoms with Gasteiger partial charge in [-0.2, -0.15) is 0 Å². The Balaban J connectivity index is 1.17. The molecule has 7 nitrogen and oxygen atoms in total. The molecule has 34 heavy (non-hydrogen) atoms. The molecular weight excluding hydrogens is 454 g/mol. The summed E-state index contributed by atoms with van der Waals surface area (Å²) in [5, 5.41) is 12.3. The van der Waals surface area contributed by atoms with Gasteiger partial charge in [0.15, 0.2) is 0 Å². The highest BCUT2D eigenvalue weighted by Gasteiger charge is 2.30. The summed E-state index contributed by atoms with van der Waals surface area (Å²) in [5.74, 6) is -0.991. The van der Waals surface area contributed by atoms with Gasteiger partial charge in [-0.1, -0.05) is 17.7 Å². The van der Waals surface area contributed by atoms with Crippen LogP contribution in [0.15, 0.2) is 24.5 Å². The molecule has 0 spiro atoms. The summed E-state index contributed by atoms with van der Waals surface area (Å²) in [6.45, 7) is 1.99. The highest BCUT2D eigenvalue weighted by atomic mass is 35.5. The van der Waals surface area contributed by atoms with E-state index in [9.17, 15) is 14.7 Å². The van der Waals surface area contributed by atoms with E-state index in [2.05, 4.69) is 22.4 Å². The summed E-state index contributed by atoms with van der Waals surface area (Å²) >= 11 is 6.07. The van der Waals surface area contributed by atoms with Crippen LogP contribution in [-0.4, -0.2) is 45.7 Å². The molecule has 0 aromatic carbocycles. The van der Waals surface area contributed by atoms with Crippen LogP contribution < -0.4 is 5.32 Å². The lowest BCUT2D eigenvalue weighted by Gasteiger charge is -2.35. The molecular formula is C26H32ClN3O4. The average Bonchev–Trinajstić information content (AvgIpc) is 2.78. The molecule has 1 amide bonds. The molecule has 2 aliphatic carbocycles. The van der Waals surface area contributed by atoms with Gasteiger partial charge < -0.3 is 15.2 Å². The SMILES string of the molecule is Cc1cncc(Cl)c1C(=O)N[C@@H](CCOC1CC(CCc2ccc3c(n2)CCCC3)C1)C(=O)O. The number of ether oxygens (including phenoxy) is 1. The zero-order valence-corrected chi connectivity index (χ0v) is 20.3. The number of halogens is 1. The first-order chi connectivity index (χ1) is 16.4. The number of nitrogens with zero attached hydrogens (tertiary/aromatic N) is 2. The number of aryl methyl sites for hydroxylation is 4. The summed E-state index contributed by atoms with van der Waals surface area (Å²) in [5.41, 5.74) is 4.74. The Hall–Kier alpha value is -2.51. The fraction of sp³-hybridized carbons (Fsp3) is 0.538. The fourth-order valence-electron chi connectivity index (χ4n) is 4.82. The number of carboxylic acid groups (broad SMARTS) is 1. The lowest BCUT2D eigenvalue weighted by Crippen LogP contribution is -2.42. The van der Waals surface area contributed by atoms with Crippen LogP contribution in [0.3, 0.4) is 0 Å². The van der Waals surface area contributed by atoms with Crippen molar-refractivity contribution in [3.05, 3.63) is 57.6 Å². The summed E-state index contributed by atoms with van der Waals surface area (Å²) in [7, 11) is 0. The zero-order valence-electron chi connectivity index (χ0n) is 19.6. The van der Waals surface area contributed by atoms with Crippen molar-refractivity contribution in [2.24, 2.45) is 5.92 Å². The van der Waals surface area contributed by atoms with Crippen LogP contribution in [0.25, 0.3) is 0 Å². The van der Waals surface area contributed by atoms with Crippen molar-refractivity contribution in [3.63, 3.8) is 0 Å². The first kappa shape index (κ1) is 24.6. The molecule has 2 aromatic rings. The van der Waals surface area contributed by atoms with Crippen molar-refractivity contribution in [1.82, 2.24) is 15.3 Å². The number of pyridine rings is 2. The number of rotatable bonds is 10. The molecule has 2 aliphatic rings. The Morgan fingerprint density at radius 2 is 2.03 bits per heavy atom. The number of amides is 1. The predicted octanol–water partition coefficient (Wildman–Crippen LogP) is 4.32. The van der Waals surface area contributed by atoms with Gasteiger partial charge in [0.25, 0.3) is 5.91 Å². The maximum absolute atomic E-state index is 12.5. The maximum Gasteiger partial charge on any atom is 0.326 e. The number of nitrogens with one attached hydrogen (secondary N) is 1. The molecule has 1 atom stereocenters. The van der Waals surface area contributed by atoms with Crippen molar-refractivity contribution in [2.45, 2.75) is 76.9 Å². The minimum absolute atomic E-state index is 0.156. The molecule has 2 aromatic heterocycles. The van der Waals surface area contributed by atoms with E-state index in [0.29, 0.717) is 11.5 Å². The third-order valence-corrected chi connectivity index (χ3v) is 7.20. The molecule has 1 fully saturated rings. The number of carboxylic acids is 1. The highest BCUT2D eigenvalue weighted by Crippen LogP contribution is 2.34. The van der Waals surface area contributed by atoms with E-state index >= 15 is 0 Å². The molecule has 0 saturated heterocycles.